The number of fused-ring (bicyclic) bond motifs is 1. The second kappa shape index (κ2) is 5.99. The number of benzene rings is 1. The molecule has 0 saturated carbocycles. The van der Waals surface area contributed by atoms with Crippen LogP contribution in [0.4, 0.5) is 8.78 Å². The van der Waals surface area contributed by atoms with Crippen molar-refractivity contribution < 1.29 is 23.5 Å². The van der Waals surface area contributed by atoms with Gasteiger partial charge in [0.25, 0.3) is 5.92 Å². The van der Waals surface area contributed by atoms with Gasteiger partial charge in [-0.05, 0) is 23.1 Å². The fraction of sp³-hybridized carbons (Fsp3) is 0.312. The Kier molecular flexibility index (Phi) is 4.18. The van der Waals surface area contributed by atoms with Gasteiger partial charge < -0.3 is 5.11 Å². The first-order valence-corrected chi connectivity index (χ1v) is 7.90. The van der Waals surface area contributed by atoms with Crippen molar-refractivity contribution in [2.75, 3.05) is 0 Å². The molecule has 0 fully saturated rings. The van der Waals surface area contributed by atoms with Crippen LogP contribution in [0.1, 0.15) is 32.8 Å². The Morgan fingerprint density at radius 1 is 1.39 bits per heavy atom. The number of hydrogen-bond acceptors (Lipinski definition) is 4. The number of halogens is 2. The fourth-order valence-electron chi connectivity index (χ4n) is 2.92. The Labute approximate surface area is 135 Å². The smallest absolute Gasteiger partial charge is 0.337 e. The first kappa shape index (κ1) is 16.0. The maximum absolute atomic E-state index is 13.7. The minimum atomic E-state index is -2.85. The SMILES string of the molecule is NOCc1ccccc1-c1sc2c(c1C(=O)O)CC(F)(F)CC2. The maximum atomic E-state index is 13.7. The topological polar surface area (TPSA) is 72.5 Å². The van der Waals surface area contributed by atoms with Crippen LogP contribution < -0.4 is 5.90 Å². The second-order valence-corrected chi connectivity index (χ2v) is 6.62. The molecule has 122 valence electrons. The van der Waals surface area contributed by atoms with Crippen molar-refractivity contribution in [1.29, 1.82) is 0 Å². The van der Waals surface area contributed by atoms with Crippen molar-refractivity contribution in [3.05, 3.63) is 45.8 Å². The van der Waals surface area contributed by atoms with E-state index in [0.29, 0.717) is 10.4 Å². The molecule has 0 atom stereocenters. The number of carboxylic acids is 1. The first-order valence-electron chi connectivity index (χ1n) is 7.08. The number of aromatic carboxylic acids is 1. The average molecular weight is 339 g/mol. The monoisotopic (exact) mass is 339 g/mol. The fourth-order valence-corrected chi connectivity index (χ4v) is 4.29. The molecule has 1 aliphatic carbocycles. The number of rotatable bonds is 4. The van der Waals surface area contributed by atoms with Crippen molar-refractivity contribution in [2.24, 2.45) is 5.90 Å². The minimum absolute atomic E-state index is 0.0196. The van der Waals surface area contributed by atoms with Gasteiger partial charge in [-0.1, -0.05) is 24.3 Å². The van der Waals surface area contributed by atoms with Crippen LogP contribution in [0.3, 0.4) is 0 Å². The highest BCUT2D eigenvalue weighted by Crippen LogP contribution is 2.44. The summed E-state index contributed by atoms with van der Waals surface area (Å²) in [5.41, 5.74) is 1.63. The molecule has 4 nitrogen and oxygen atoms in total. The van der Waals surface area contributed by atoms with E-state index in [1.165, 1.54) is 11.3 Å². The minimum Gasteiger partial charge on any atom is -0.478 e. The normalized spacial score (nSPS) is 16.1. The van der Waals surface area contributed by atoms with Crippen LogP contribution in [0, 0.1) is 0 Å². The number of carboxylic acid groups (broad SMARTS) is 1. The molecule has 2 aromatic rings. The third-order valence-corrected chi connectivity index (χ3v) is 5.28. The van der Waals surface area contributed by atoms with Gasteiger partial charge in [-0.2, -0.15) is 0 Å². The molecule has 7 heteroatoms. The van der Waals surface area contributed by atoms with Gasteiger partial charge in [0, 0.05) is 22.6 Å². The zero-order valence-corrected chi connectivity index (χ0v) is 13.0. The standard InChI is InChI=1S/C16H15F2NO3S/c17-16(18)6-5-12-11(7-16)13(15(20)21)14(23-12)10-4-2-1-3-9(10)8-22-19/h1-4H,5-8,19H2,(H,20,21). The largest absolute Gasteiger partial charge is 0.478 e. The van der Waals surface area contributed by atoms with Gasteiger partial charge >= 0.3 is 5.97 Å². The van der Waals surface area contributed by atoms with Gasteiger partial charge in [0.15, 0.2) is 0 Å². The lowest BCUT2D eigenvalue weighted by Gasteiger charge is -2.21. The Balaban J connectivity index is 2.18. The predicted molar refractivity (Wildman–Crippen MR) is 82.7 cm³/mol. The lowest BCUT2D eigenvalue weighted by Crippen LogP contribution is -2.26. The van der Waals surface area contributed by atoms with E-state index in [1.54, 1.807) is 24.3 Å². The van der Waals surface area contributed by atoms with Gasteiger partial charge in [0.1, 0.15) is 0 Å². The summed E-state index contributed by atoms with van der Waals surface area (Å²) in [6.07, 6.45) is -0.564. The van der Waals surface area contributed by atoms with Crippen LogP contribution in [0.15, 0.2) is 24.3 Å². The lowest BCUT2D eigenvalue weighted by atomic mass is 9.90. The predicted octanol–water partition coefficient (Wildman–Crippen LogP) is 3.63. The Hall–Kier alpha value is -1.83. The summed E-state index contributed by atoms with van der Waals surface area (Å²) >= 11 is 1.27. The number of thiophene rings is 1. The highest BCUT2D eigenvalue weighted by molar-refractivity contribution is 7.16. The van der Waals surface area contributed by atoms with E-state index in [2.05, 4.69) is 4.84 Å². The molecule has 1 aromatic heterocycles. The number of alkyl halides is 2. The zero-order chi connectivity index (χ0) is 16.6. The maximum Gasteiger partial charge on any atom is 0.337 e. The molecule has 0 spiro atoms. The van der Waals surface area contributed by atoms with Crippen molar-refractivity contribution in [3.63, 3.8) is 0 Å². The van der Waals surface area contributed by atoms with Gasteiger partial charge in [-0.15, -0.1) is 11.3 Å². The highest BCUT2D eigenvalue weighted by atomic mass is 32.1. The highest BCUT2D eigenvalue weighted by Gasteiger charge is 2.39. The summed E-state index contributed by atoms with van der Waals surface area (Å²) in [4.78, 5) is 17.6. The number of aryl methyl sites for hydroxylation is 1. The first-order chi connectivity index (χ1) is 10.9. The summed E-state index contributed by atoms with van der Waals surface area (Å²) in [6, 6.07) is 7.10. The van der Waals surface area contributed by atoms with Crippen LogP contribution in [-0.2, 0) is 24.3 Å². The van der Waals surface area contributed by atoms with Crippen LogP contribution in [0.5, 0.6) is 0 Å². The molecule has 0 saturated heterocycles. The van der Waals surface area contributed by atoms with E-state index in [4.69, 9.17) is 5.90 Å². The van der Waals surface area contributed by atoms with Gasteiger partial charge in [-0.3, -0.25) is 4.84 Å². The molecule has 0 unspecified atom stereocenters. The van der Waals surface area contributed by atoms with E-state index in [1.807, 2.05) is 0 Å². The summed E-state index contributed by atoms with van der Waals surface area (Å²) in [7, 11) is 0. The summed E-state index contributed by atoms with van der Waals surface area (Å²) in [5, 5.41) is 9.57. The zero-order valence-electron chi connectivity index (χ0n) is 12.1. The van der Waals surface area contributed by atoms with E-state index in [9.17, 15) is 18.7 Å². The average Bonchev–Trinajstić information content (AvgIpc) is 2.85. The molecule has 0 bridgehead atoms. The Bertz CT molecular complexity index is 758. The molecular formula is C16H15F2NO3S. The third-order valence-electron chi connectivity index (χ3n) is 3.96. The third kappa shape index (κ3) is 2.99. The van der Waals surface area contributed by atoms with Crippen LogP contribution in [0.25, 0.3) is 10.4 Å². The van der Waals surface area contributed by atoms with Crippen LogP contribution in [0.2, 0.25) is 0 Å². The number of nitrogens with two attached hydrogens (primary N) is 1. The molecule has 3 rings (SSSR count). The van der Waals surface area contributed by atoms with Crippen molar-refractivity contribution >= 4 is 17.3 Å². The molecule has 0 radical (unpaired) electrons. The van der Waals surface area contributed by atoms with E-state index < -0.39 is 18.3 Å². The molecular weight excluding hydrogens is 324 g/mol. The molecule has 0 aliphatic heterocycles. The molecule has 0 amide bonds. The summed E-state index contributed by atoms with van der Waals surface area (Å²) in [6.45, 7) is 0.119. The van der Waals surface area contributed by atoms with Crippen molar-refractivity contribution in [2.45, 2.75) is 31.8 Å². The molecule has 1 heterocycles. The van der Waals surface area contributed by atoms with E-state index >= 15 is 0 Å². The summed E-state index contributed by atoms with van der Waals surface area (Å²) < 4.78 is 27.4. The quantitative estimate of drug-likeness (QED) is 0.835. The molecule has 1 aromatic carbocycles. The van der Waals surface area contributed by atoms with E-state index in [0.717, 1.165) is 10.4 Å². The van der Waals surface area contributed by atoms with Crippen LogP contribution >= 0.6 is 11.3 Å². The Morgan fingerprint density at radius 2 is 2.13 bits per heavy atom. The molecule has 1 aliphatic rings. The van der Waals surface area contributed by atoms with Crippen molar-refractivity contribution in [1.82, 2.24) is 0 Å². The van der Waals surface area contributed by atoms with Gasteiger partial charge in [0.2, 0.25) is 0 Å². The summed E-state index contributed by atoms with van der Waals surface area (Å²) in [5.74, 6) is 1.09. The van der Waals surface area contributed by atoms with Crippen molar-refractivity contribution in [3.8, 4) is 10.4 Å². The lowest BCUT2D eigenvalue weighted by molar-refractivity contribution is -0.0118. The van der Waals surface area contributed by atoms with E-state index in [-0.39, 0.29) is 30.6 Å². The van der Waals surface area contributed by atoms with Crippen LogP contribution in [-0.4, -0.2) is 17.0 Å². The molecule has 23 heavy (non-hydrogen) atoms. The second-order valence-electron chi connectivity index (χ2n) is 5.51. The molecule has 3 N–H and O–H groups in total. The number of carbonyl (C=O) groups is 1. The number of hydrogen-bond donors (Lipinski definition) is 2. The Morgan fingerprint density at radius 3 is 2.83 bits per heavy atom. The van der Waals surface area contributed by atoms with Gasteiger partial charge in [0.05, 0.1) is 12.2 Å². The van der Waals surface area contributed by atoms with Gasteiger partial charge in [-0.25, -0.2) is 19.5 Å².